The number of carbonyl (C=O) groups is 1. The molecular formula is C14H18INO. The molecule has 0 aliphatic heterocycles. The van der Waals surface area contributed by atoms with Crippen molar-refractivity contribution in [3.63, 3.8) is 0 Å². The Morgan fingerprint density at radius 3 is 2.59 bits per heavy atom. The Balaban J connectivity index is 2.14. The molecule has 0 spiro atoms. The number of anilines is 1. The number of nitrogens with one attached hydrogen (secondary N) is 1. The van der Waals surface area contributed by atoms with Gasteiger partial charge in [-0.25, -0.2) is 0 Å². The summed E-state index contributed by atoms with van der Waals surface area (Å²) in [6.07, 6.45) is 6.73. The first-order valence-electron chi connectivity index (χ1n) is 6.24. The van der Waals surface area contributed by atoms with E-state index < -0.39 is 0 Å². The summed E-state index contributed by atoms with van der Waals surface area (Å²) in [7, 11) is 0. The standard InChI is InChI=1S/C14H18INO/c1-10(17)16-14-8-7-12(9-13(14)15)11-5-3-2-4-6-11/h7-9,11H,2-6H2,1H3,(H,16,17). The van der Waals surface area contributed by atoms with Crippen molar-refractivity contribution in [1.29, 1.82) is 0 Å². The van der Waals surface area contributed by atoms with Gasteiger partial charge in [0.15, 0.2) is 0 Å². The van der Waals surface area contributed by atoms with E-state index in [1.165, 1.54) is 37.7 Å². The third kappa shape index (κ3) is 3.44. The molecule has 1 N–H and O–H groups in total. The van der Waals surface area contributed by atoms with Crippen LogP contribution in [0.1, 0.15) is 50.5 Å². The van der Waals surface area contributed by atoms with Crippen molar-refractivity contribution in [2.45, 2.75) is 44.9 Å². The maximum Gasteiger partial charge on any atom is 0.221 e. The van der Waals surface area contributed by atoms with E-state index in [0.717, 1.165) is 15.2 Å². The molecule has 1 aromatic rings. The van der Waals surface area contributed by atoms with Crippen molar-refractivity contribution in [2.75, 3.05) is 5.32 Å². The highest BCUT2D eigenvalue weighted by atomic mass is 127. The average Bonchev–Trinajstić information content (AvgIpc) is 2.32. The summed E-state index contributed by atoms with van der Waals surface area (Å²) >= 11 is 2.30. The molecule has 0 bridgehead atoms. The van der Waals surface area contributed by atoms with Gasteiger partial charge in [-0.1, -0.05) is 25.3 Å². The Kier molecular flexibility index (Phi) is 4.42. The van der Waals surface area contributed by atoms with Gasteiger partial charge in [-0.2, -0.15) is 0 Å². The molecule has 1 saturated carbocycles. The highest BCUT2D eigenvalue weighted by Crippen LogP contribution is 2.34. The second kappa shape index (κ2) is 5.85. The van der Waals surface area contributed by atoms with Crippen LogP contribution in [0.3, 0.4) is 0 Å². The predicted molar refractivity (Wildman–Crippen MR) is 79.3 cm³/mol. The fraction of sp³-hybridized carbons (Fsp3) is 0.500. The molecule has 2 nitrogen and oxygen atoms in total. The van der Waals surface area contributed by atoms with E-state index in [9.17, 15) is 4.79 Å². The molecular weight excluding hydrogens is 325 g/mol. The van der Waals surface area contributed by atoms with E-state index in [2.05, 4.69) is 40.0 Å². The molecule has 92 valence electrons. The van der Waals surface area contributed by atoms with E-state index in [1.807, 2.05) is 6.07 Å². The Morgan fingerprint density at radius 2 is 2.00 bits per heavy atom. The van der Waals surface area contributed by atoms with Crippen molar-refractivity contribution >= 4 is 34.2 Å². The van der Waals surface area contributed by atoms with Gasteiger partial charge >= 0.3 is 0 Å². The maximum absolute atomic E-state index is 11.0. The van der Waals surface area contributed by atoms with E-state index in [0.29, 0.717) is 0 Å². The molecule has 0 radical (unpaired) electrons. The molecule has 0 saturated heterocycles. The van der Waals surface area contributed by atoms with Crippen LogP contribution in [-0.4, -0.2) is 5.91 Å². The lowest BCUT2D eigenvalue weighted by Crippen LogP contribution is -2.09. The number of hydrogen-bond donors (Lipinski definition) is 1. The SMILES string of the molecule is CC(=O)Nc1ccc(C2CCCCC2)cc1I. The first-order chi connectivity index (χ1) is 8.16. The number of benzene rings is 1. The zero-order chi connectivity index (χ0) is 12.3. The van der Waals surface area contributed by atoms with Crippen molar-refractivity contribution in [3.05, 3.63) is 27.3 Å². The fourth-order valence-electron chi connectivity index (χ4n) is 2.51. The van der Waals surface area contributed by atoms with Gasteiger partial charge in [0.05, 0.1) is 5.69 Å². The summed E-state index contributed by atoms with van der Waals surface area (Å²) < 4.78 is 1.14. The normalized spacial score (nSPS) is 16.8. The smallest absolute Gasteiger partial charge is 0.221 e. The van der Waals surface area contributed by atoms with Crippen LogP contribution in [0.5, 0.6) is 0 Å². The molecule has 1 amide bonds. The molecule has 0 atom stereocenters. The minimum absolute atomic E-state index is 0.00617. The number of amides is 1. The number of rotatable bonds is 2. The van der Waals surface area contributed by atoms with Crippen LogP contribution in [0.15, 0.2) is 18.2 Å². The molecule has 3 heteroatoms. The molecule has 1 aromatic carbocycles. The Hall–Kier alpha value is -0.580. The average molecular weight is 343 g/mol. The molecule has 1 fully saturated rings. The predicted octanol–water partition coefficient (Wildman–Crippen LogP) is 4.30. The lowest BCUT2D eigenvalue weighted by molar-refractivity contribution is -0.114. The van der Waals surface area contributed by atoms with Gasteiger partial charge in [0.25, 0.3) is 0 Å². The molecule has 0 unspecified atom stereocenters. The Labute approximate surface area is 116 Å². The van der Waals surface area contributed by atoms with E-state index in [1.54, 1.807) is 6.92 Å². The van der Waals surface area contributed by atoms with Gasteiger partial charge < -0.3 is 5.32 Å². The molecule has 0 heterocycles. The van der Waals surface area contributed by atoms with Crippen molar-refractivity contribution < 1.29 is 4.79 Å². The van der Waals surface area contributed by atoms with Gasteiger partial charge in [0.1, 0.15) is 0 Å². The van der Waals surface area contributed by atoms with Crippen LogP contribution in [0.4, 0.5) is 5.69 Å². The topological polar surface area (TPSA) is 29.1 Å². The molecule has 1 aliphatic carbocycles. The largest absolute Gasteiger partial charge is 0.325 e. The van der Waals surface area contributed by atoms with Crippen LogP contribution in [-0.2, 0) is 4.79 Å². The summed E-state index contributed by atoms with van der Waals surface area (Å²) in [5, 5.41) is 2.86. The van der Waals surface area contributed by atoms with Gasteiger partial charge in [-0.3, -0.25) is 4.79 Å². The quantitative estimate of drug-likeness (QED) is 0.797. The van der Waals surface area contributed by atoms with E-state index in [-0.39, 0.29) is 5.91 Å². The molecule has 0 aromatic heterocycles. The third-order valence-electron chi connectivity index (χ3n) is 3.38. The maximum atomic E-state index is 11.0. The lowest BCUT2D eigenvalue weighted by Gasteiger charge is -2.22. The molecule has 2 rings (SSSR count). The van der Waals surface area contributed by atoms with Crippen LogP contribution in [0.25, 0.3) is 0 Å². The zero-order valence-electron chi connectivity index (χ0n) is 10.1. The highest BCUT2D eigenvalue weighted by Gasteiger charge is 2.16. The first kappa shape index (κ1) is 12.9. The monoisotopic (exact) mass is 343 g/mol. The van der Waals surface area contributed by atoms with Gasteiger partial charge in [0.2, 0.25) is 5.91 Å². The Bertz CT molecular complexity index is 411. The first-order valence-corrected chi connectivity index (χ1v) is 7.32. The van der Waals surface area contributed by atoms with Crippen LogP contribution in [0, 0.1) is 3.57 Å². The van der Waals surface area contributed by atoms with Gasteiger partial charge in [-0.15, -0.1) is 0 Å². The highest BCUT2D eigenvalue weighted by molar-refractivity contribution is 14.1. The van der Waals surface area contributed by atoms with E-state index >= 15 is 0 Å². The Morgan fingerprint density at radius 1 is 1.29 bits per heavy atom. The van der Waals surface area contributed by atoms with Crippen LogP contribution in [0.2, 0.25) is 0 Å². The van der Waals surface area contributed by atoms with Crippen molar-refractivity contribution in [2.24, 2.45) is 0 Å². The fourth-order valence-corrected chi connectivity index (χ4v) is 3.19. The molecule has 1 aliphatic rings. The minimum atomic E-state index is -0.00617. The summed E-state index contributed by atoms with van der Waals surface area (Å²) in [4.78, 5) is 11.0. The van der Waals surface area contributed by atoms with Gasteiger partial charge in [-0.05, 0) is 59.0 Å². The van der Waals surface area contributed by atoms with Crippen molar-refractivity contribution in [1.82, 2.24) is 0 Å². The summed E-state index contributed by atoms with van der Waals surface area (Å²) in [6.45, 7) is 1.55. The van der Waals surface area contributed by atoms with E-state index in [4.69, 9.17) is 0 Å². The second-order valence-electron chi connectivity index (χ2n) is 4.76. The lowest BCUT2D eigenvalue weighted by atomic mass is 9.84. The number of halogens is 1. The summed E-state index contributed by atoms with van der Waals surface area (Å²) in [6, 6.07) is 6.43. The minimum Gasteiger partial charge on any atom is -0.325 e. The van der Waals surface area contributed by atoms with Crippen LogP contribution >= 0.6 is 22.6 Å². The summed E-state index contributed by atoms with van der Waals surface area (Å²) in [5.74, 6) is 0.719. The number of hydrogen-bond acceptors (Lipinski definition) is 1. The number of carbonyl (C=O) groups excluding carboxylic acids is 1. The second-order valence-corrected chi connectivity index (χ2v) is 5.92. The van der Waals surface area contributed by atoms with Crippen molar-refractivity contribution in [3.8, 4) is 0 Å². The summed E-state index contributed by atoms with van der Waals surface area (Å²) in [5.41, 5.74) is 2.36. The van der Waals surface area contributed by atoms with Crippen LogP contribution < -0.4 is 5.32 Å². The third-order valence-corrected chi connectivity index (χ3v) is 4.27. The zero-order valence-corrected chi connectivity index (χ0v) is 12.3. The van der Waals surface area contributed by atoms with Gasteiger partial charge in [0, 0.05) is 10.5 Å². The molecule has 17 heavy (non-hydrogen) atoms.